The lowest BCUT2D eigenvalue weighted by Gasteiger charge is -2.35. The molecule has 9 nitrogen and oxygen atoms in total. The molecule has 2 fully saturated rings. The SMILES string of the molecule is Cc1cnc(C(=O)N(CCC(=O)N2CCN(C/C=C/c3ccccc3)CC2)CCN2CCOCC2)cn1. The molecule has 2 saturated heterocycles. The molecule has 2 amide bonds. The first kappa shape index (κ1) is 26.9. The molecule has 3 heterocycles. The van der Waals surface area contributed by atoms with Crippen LogP contribution in [0.15, 0.2) is 48.8 Å². The van der Waals surface area contributed by atoms with Crippen molar-refractivity contribution in [2.75, 3.05) is 78.7 Å². The summed E-state index contributed by atoms with van der Waals surface area (Å²) >= 11 is 0. The Morgan fingerprint density at radius 2 is 1.70 bits per heavy atom. The van der Waals surface area contributed by atoms with Crippen molar-refractivity contribution in [3.63, 3.8) is 0 Å². The second-order valence-corrected chi connectivity index (χ2v) is 9.53. The number of benzene rings is 1. The Balaban J connectivity index is 1.25. The third kappa shape index (κ3) is 8.45. The molecule has 1 aromatic carbocycles. The third-order valence-corrected chi connectivity index (χ3v) is 6.87. The van der Waals surface area contributed by atoms with Crippen LogP contribution in [0.1, 0.15) is 28.2 Å². The molecular formula is C28H38N6O3. The Bertz CT molecular complexity index is 1020. The maximum absolute atomic E-state index is 13.2. The summed E-state index contributed by atoms with van der Waals surface area (Å²) in [7, 11) is 0. The molecule has 0 N–H and O–H groups in total. The number of aryl methyl sites for hydroxylation is 1. The number of hydrogen-bond donors (Lipinski definition) is 0. The average Bonchev–Trinajstić information content (AvgIpc) is 2.94. The molecule has 2 aromatic rings. The molecule has 0 saturated carbocycles. The second-order valence-electron chi connectivity index (χ2n) is 9.53. The smallest absolute Gasteiger partial charge is 0.274 e. The van der Waals surface area contributed by atoms with Crippen molar-refractivity contribution in [2.45, 2.75) is 13.3 Å². The van der Waals surface area contributed by atoms with Crippen LogP contribution in [-0.4, -0.2) is 120 Å². The fourth-order valence-electron chi connectivity index (χ4n) is 4.54. The number of rotatable bonds is 10. The molecule has 0 spiro atoms. The highest BCUT2D eigenvalue weighted by molar-refractivity contribution is 5.92. The molecule has 2 aliphatic rings. The van der Waals surface area contributed by atoms with Crippen LogP contribution in [0.25, 0.3) is 6.08 Å². The van der Waals surface area contributed by atoms with E-state index in [2.05, 4.69) is 44.1 Å². The largest absolute Gasteiger partial charge is 0.379 e. The van der Waals surface area contributed by atoms with Gasteiger partial charge in [0.1, 0.15) is 5.69 Å². The van der Waals surface area contributed by atoms with Gasteiger partial charge in [-0.15, -0.1) is 0 Å². The highest BCUT2D eigenvalue weighted by Crippen LogP contribution is 2.09. The van der Waals surface area contributed by atoms with Gasteiger partial charge in [-0.1, -0.05) is 42.5 Å². The Kier molecular flexibility index (Phi) is 10.2. The zero-order valence-corrected chi connectivity index (χ0v) is 21.8. The number of nitrogens with zero attached hydrogens (tertiary/aromatic N) is 6. The van der Waals surface area contributed by atoms with Gasteiger partial charge in [0.15, 0.2) is 0 Å². The van der Waals surface area contributed by atoms with E-state index in [4.69, 9.17) is 4.74 Å². The van der Waals surface area contributed by atoms with Gasteiger partial charge in [0, 0.05) is 78.1 Å². The Labute approximate surface area is 219 Å². The van der Waals surface area contributed by atoms with Crippen molar-refractivity contribution in [3.05, 3.63) is 65.8 Å². The lowest BCUT2D eigenvalue weighted by Crippen LogP contribution is -2.49. The molecular weight excluding hydrogens is 468 g/mol. The summed E-state index contributed by atoms with van der Waals surface area (Å²) in [6.07, 6.45) is 7.75. The van der Waals surface area contributed by atoms with E-state index in [9.17, 15) is 9.59 Å². The van der Waals surface area contributed by atoms with E-state index >= 15 is 0 Å². The maximum atomic E-state index is 13.2. The topological polar surface area (TPSA) is 82.1 Å². The van der Waals surface area contributed by atoms with Crippen LogP contribution >= 0.6 is 0 Å². The normalized spacial score (nSPS) is 17.3. The number of ether oxygens (including phenoxy) is 1. The number of aromatic nitrogens is 2. The molecule has 0 unspecified atom stereocenters. The summed E-state index contributed by atoms with van der Waals surface area (Å²) in [5.41, 5.74) is 2.28. The standard InChI is InChI=1S/C28H38N6O3/c1-24-22-30-26(23-29-24)28(36)34(17-14-32-18-20-37-21-19-32)11-9-27(35)33-15-12-31(13-16-33)10-5-8-25-6-3-2-4-7-25/h2-8,22-23H,9-21H2,1H3/b8-5+. The van der Waals surface area contributed by atoms with Crippen LogP contribution in [0.4, 0.5) is 0 Å². The van der Waals surface area contributed by atoms with Gasteiger partial charge >= 0.3 is 0 Å². The van der Waals surface area contributed by atoms with Crippen molar-refractivity contribution in [3.8, 4) is 0 Å². The summed E-state index contributed by atoms with van der Waals surface area (Å²) in [5, 5.41) is 0. The van der Waals surface area contributed by atoms with E-state index in [1.54, 1.807) is 11.1 Å². The maximum Gasteiger partial charge on any atom is 0.274 e. The summed E-state index contributed by atoms with van der Waals surface area (Å²) in [6.45, 7) is 10.6. The fourth-order valence-corrected chi connectivity index (χ4v) is 4.54. The number of amides is 2. The van der Waals surface area contributed by atoms with Crippen molar-refractivity contribution in [1.29, 1.82) is 0 Å². The van der Waals surface area contributed by atoms with Crippen molar-refractivity contribution < 1.29 is 14.3 Å². The third-order valence-electron chi connectivity index (χ3n) is 6.87. The van der Waals surface area contributed by atoms with E-state index in [1.807, 2.05) is 30.0 Å². The lowest BCUT2D eigenvalue weighted by molar-refractivity contribution is -0.133. The zero-order chi connectivity index (χ0) is 25.9. The van der Waals surface area contributed by atoms with Crippen LogP contribution in [0.3, 0.4) is 0 Å². The minimum absolute atomic E-state index is 0.0960. The molecule has 0 bridgehead atoms. The number of morpholine rings is 1. The van der Waals surface area contributed by atoms with Crippen LogP contribution in [-0.2, 0) is 9.53 Å². The zero-order valence-electron chi connectivity index (χ0n) is 21.8. The van der Waals surface area contributed by atoms with Gasteiger partial charge in [-0.05, 0) is 12.5 Å². The minimum Gasteiger partial charge on any atom is -0.379 e. The predicted octanol–water partition coefficient (Wildman–Crippen LogP) is 1.81. The Hall–Kier alpha value is -3.14. The lowest BCUT2D eigenvalue weighted by atomic mass is 10.2. The predicted molar refractivity (Wildman–Crippen MR) is 143 cm³/mol. The van der Waals surface area contributed by atoms with Gasteiger partial charge in [0.05, 0.1) is 25.1 Å². The van der Waals surface area contributed by atoms with E-state index < -0.39 is 0 Å². The second kappa shape index (κ2) is 14.0. The van der Waals surface area contributed by atoms with Gasteiger partial charge in [-0.3, -0.25) is 24.4 Å². The quantitative estimate of drug-likeness (QED) is 0.486. The molecule has 9 heteroatoms. The minimum atomic E-state index is -0.177. The number of piperazine rings is 1. The first-order chi connectivity index (χ1) is 18.1. The molecule has 4 rings (SSSR count). The molecule has 2 aliphatic heterocycles. The molecule has 0 atom stereocenters. The molecule has 37 heavy (non-hydrogen) atoms. The first-order valence-electron chi connectivity index (χ1n) is 13.2. The highest BCUT2D eigenvalue weighted by Gasteiger charge is 2.24. The first-order valence-corrected chi connectivity index (χ1v) is 13.2. The van der Waals surface area contributed by atoms with E-state index in [1.165, 1.54) is 11.8 Å². The molecule has 0 radical (unpaired) electrons. The summed E-state index contributed by atoms with van der Waals surface area (Å²) < 4.78 is 5.43. The number of carbonyl (C=O) groups is 2. The van der Waals surface area contributed by atoms with Gasteiger partial charge < -0.3 is 14.5 Å². The number of hydrogen-bond acceptors (Lipinski definition) is 7. The van der Waals surface area contributed by atoms with Gasteiger partial charge in [-0.2, -0.15) is 0 Å². The van der Waals surface area contributed by atoms with Gasteiger partial charge in [0.2, 0.25) is 5.91 Å². The van der Waals surface area contributed by atoms with Crippen molar-refractivity contribution in [1.82, 2.24) is 29.6 Å². The Morgan fingerprint density at radius 3 is 2.41 bits per heavy atom. The average molecular weight is 507 g/mol. The van der Waals surface area contributed by atoms with Gasteiger partial charge in [0.25, 0.3) is 5.91 Å². The van der Waals surface area contributed by atoms with Crippen LogP contribution in [0.5, 0.6) is 0 Å². The molecule has 0 aliphatic carbocycles. The van der Waals surface area contributed by atoms with E-state index in [-0.39, 0.29) is 11.8 Å². The highest BCUT2D eigenvalue weighted by atomic mass is 16.5. The summed E-state index contributed by atoms with van der Waals surface area (Å²) in [6, 6.07) is 10.3. The number of carbonyl (C=O) groups excluding carboxylic acids is 2. The molecule has 198 valence electrons. The van der Waals surface area contributed by atoms with Crippen molar-refractivity contribution in [2.24, 2.45) is 0 Å². The monoisotopic (exact) mass is 506 g/mol. The van der Waals surface area contributed by atoms with Crippen molar-refractivity contribution >= 4 is 17.9 Å². The summed E-state index contributed by atoms with van der Waals surface area (Å²) in [4.78, 5) is 43.0. The Morgan fingerprint density at radius 1 is 0.946 bits per heavy atom. The fraction of sp³-hybridized carbons (Fsp3) is 0.500. The van der Waals surface area contributed by atoms with Crippen LogP contribution < -0.4 is 0 Å². The van der Waals surface area contributed by atoms with Crippen LogP contribution in [0.2, 0.25) is 0 Å². The van der Waals surface area contributed by atoms with E-state index in [0.29, 0.717) is 51.5 Å². The molecule has 1 aromatic heterocycles. The van der Waals surface area contributed by atoms with E-state index in [0.717, 1.165) is 45.0 Å². The van der Waals surface area contributed by atoms with Crippen LogP contribution in [0, 0.1) is 6.92 Å². The van der Waals surface area contributed by atoms with Gasteiger partial charge in [-0.25, -0.2) is 4.98 Å². The summed E-state index contributed by atoms with van der Waals surface area (Å²) in [5.74, 6) is -0.0813.